The van der Waals surface area contributed by atoms with Crippen molar-refractivity contribution in [3.63, 3.8) is 0 Å². The fraction of sp³-hybridized carbons (Fsp3) is 0.455. The number of hydrogen-bond acceptors (Lipinski definition) is 0. The second-order valence-corrected chi connectivity index (χ2v) is 2.98. The van der Waals surface area contributed by atoms with Gasteiger partial charge in [-0.15, -0.1) is 0 Å². The van der Waals surface area contributed by atoms with Crippen molar-refractivity contribution in [3.8, 4) is 0 Å². The Labute approximate surface area is 70.3 Å². The normalized spacial score (nSPS) is 14.4. The summed E-state index contributed by atoms with van der Waals surface area (Å²) in [5.41, 5.74) is 4.13. The lowest BCUT2D eigenvalue weighted by molar-refractivity contribution is 1.08. The highest BCUT2D eigenvalue weighted by atomic mass is 14.0. The van der Waals surface area contributed by atoms with Gasteiger partial charge in [-0.25, -0.2) is 0 Å². The fourth-order valence-corrected chi connectivity index (χ4v) is 0.834. The summed E-state index contributed by atoms with van der Waals surface area (Å²) in [5, 5.41) is 0. The molecule has 0 spiro atoms. The molecule has 0 saturated carbocycles. The highest BCUT2D eigenvalue weighted by molar-refractivity contribution is 5.24. The van der Waals surface area contributed by atoms with Crippen molar-refractivity contribution in [2.45, 2.75) is 34.1 Å². The van der Waals surface area contributed by atoms with Gasteiger partial charge < -0.3 is 0 Å². The molecular weight excluding hydrogens is 132 g/mol. The van der Waals surface area contributed by atoms with Crippen LogP contribution in [0.1, 0.15) is 34.1 Å². The zero-order chi connectivity index (χ0) is 8.85. The Hall–Kier alpha value is -0.780. The highest BCUT2D eigenvalue weighted by Crippen LogP contribution is 2.14. The van der Waals surface area contributed by atoms with Crippen LogP contribution in [0.2, 0.25) is 0 Å². The van der Waals surface area contributed by atoms with Crippen LogP contribution in [-0.2, 0) is 0 Å². The van der Waals surface area contributed by atoms with E-state index in [1.54, 1.807) is 0 Å². The van der Waals surface area contributed by atoms with E-state index in [0.29, 0.717) is 0 Å². The van der Waals surface area contributed by atoms with Gasteiger partial charge in [-0.1, -0.05) is 35.5 Å². The summed E-state index contributed by atoms with van der Waals surface area (Å²) < 4.78 is 0. The van der Waals surface area contributed by atoms with Crippen LogP contribution in [0.15, 0.2) is 35.5 Å². The molecular formula is C11H18. The molecule has 0 aliphatic carbocycles. The minimum atomic E-state index is 1.08. The topological polar surface area (TPSA) is 0 Å². The van der Waals surface area contributed by atoms with Crippen LogP contribution in [0.5, 0.6) is 0 Å². The molecule has 0 aliphatic heterocycles. The molecule has 0 radical (unpaired) electrons. The first-order valence-electron chi connectivity index (χ1n) is 4.02. The Morgan fingerprint density at radius 1 is 1.27 bits per heavy atom. The molecule has 0 rings (SSSR count). The third kappa shape index (κ3) is 3.82. The van der Waals surface area contributed by atoms with Gasteiger partial charge in [0.25, 0.3) is 0 Å². The fourth-order valence-electron chi connectivity index (χ4n) is 0.834. The standard InChI is InChI=1S/C11H18/c1-6-9(3)8-11(5)10(4)7-2/h6-7H,2,8H2,1,3-5H3/b9-6?,11-10+. The molecule has 0 aromatic carbocycles. The number of allylic oxidation sites excluding steroid dienone is 5. The van der Waals surface area contributed by atoms with Gasteiger partial charge in [0.2, 0.25) is 0 Å². The van der Waals surface area contributed by atoms with Gasteiger partial charge in [-0.2, -0.15) is 0 Å². The molecule has 0 heteroatoms. The Morgan fingerprint density at radius 2 is 1.82 bits per heavy atom. The maximum Gasteiger partial charge on any atom is -0.0108 e. The van der Waals surface area contributed by atoms with Crippen LogP contribution in [0, 0.1) is 0 Å². The molecule has 62 valence electrons. The van der Waals surface area contributed by atoms with Crippen molar-refractivity contribution in [1.29, 1.82) is 0 Å². The van der Waals surface area contributed by atoms with E-state index in [9.17, 15) is 0 Å². The lowest BCUT2D eigenvalue weighted by atomic mass is 10.0. The van der Waals surface area contributed by atoms with Crippen LogP contribution in [0.4, 0.5) is 0 Å². The average Bonchev–Trinajstić information content (AvgIpc) is 2.02. The first-order chi connectivity index (χ1) is 5.11. The predicted molar refractivity (Wildman–Crippen MR) is 52.6 cm³/mol. The highest BCUT2D eigenvalue weighted by Gasteiger charge is 1.93. The van der Waals surface area contributed by atoms with Crippen LogP contribution >= 0.6 is 0 Å². The van der Waals surface area contributed by atoms with Gasteiger partial charge >= 0.3 is 0 Å². The molecule has 0 heterocycles. The molecule has 0 atom stereocenters. The Balaban J connectivity index is 4.28. The second kappa shape index (κ2) is 4.95. The number of rotatable bonds is 3. The third-order valence-electron chi connectivity index (χ3n) is 2.02. The van der Waals surface area contributed by atoms with Crippen molar-refractivity contribution >= 4 is 0 Å². The maximum absolute atomic E-state index is 3.74. The van der Waals surface area contributed by atoms with E-state index < -0.39 is 0 Å². The third-order valence-corrected chi connectivity index (χ3v) is 2.02. The van der Waals surface area contributed by atoms with Gasteiger partial charge in [0, 0.05) is 0 Å². The Morgan fingerprint density at radius 3 is 2.18 bits per heavy atom. The van der Waals surface area contributed by atoms with Crippen LogP contribution in [0.3, 0.4) is 0 Å². The van der Waals surface area contributed by atoms with Crippen molar-refractivity contribution < 1.29 is 0 Å². The summed E-state index contributed by atoms with van der Waals surface area (Å²) in [4.78, 5) is 0. The molecule has 0 nitrogen and oxygen atoms in total. The molecule has 0 aromatic heterocycles. The zero-order valence-corrected chi connectivity index (χ0v) is 8.07. The largest absolute Gasteiger partial charge is 0.0988 e. The zero-order valence-electron chi connectivity index (χ0n) is 8.07. The minimum Gasteiger partial charge on any atom is -0.0988 e. The lowest BCUT2D eigenvalue weighted by Crippen LogP contribution is -1.83. The quantitative estimate of drug-likeness (QED) is 0.423. The van der Waals surface area contributed by atoms with Gasteiger partial charge in [-0.05, 0) is 34.1 Å². The average molecular weight is 150 g/mol. The monoisotopic (exact) mass is 150 g/mol. The van der Waals surface area contributed by atoms with Gasteiger partial charge in [-0.3, -0.25) is 0 Å². The summed E-state index contributed by atoms with van der Waals surface area (Å²) in [6.45, 7) is 12.2. The second-order valence-electron chi connectivity index (χ2n) is 2.98. The predicted octanol–water partition coefficient (Wildman–Crippen LogP) is 3.87. The summed E-state index contributed by atoms with van der Waals surface area (Å²) in [5.74, 6) is 0. The summed E-state index contributed by atoms with van der Waals surface area (Å²) >= 11 is 0. The first-order valence-corrected chi connectivity index (χ1v) is 4.02. The number of hydrogen-bond donors (Lipinski definition) is 0. The minimum absolute atomic E-state index is 1.08. The van der Waals surface area contributed by atoms with Gasteiger partial charge in [0.05, 0.1) is 0 Å². The SMILES string of the molecule is C=C/C(C)=C(\C)CC(C)=CC. The van der Waals surface area contributed by atoms with Crippen molar-refractivity contribution in [2.24, 2.45) is 0 Å². The molecule has 0 saturated heterocycles. The van der Waals surface area contributed by atoms with Crippen LogP contribution in [-0.4, -0.2) is 0 Å². The van der Waals surface area contributed by atoms with Crippen molar-refractivity contribution in [3.05, 3.63) is 35.5 Å². The molecule has 0 aromatic rings. The van der Waals surface area contributed by atoms with E-state index >= 15 is 0 Å². The molecule has 0 N–H and O–H groups in total. The molecule has 0 amide bonds. The van der Waals surface area contributed by atoms with E-state index in [1.165, 1.54) is 16.7 Å². The summed E-state index contributed by atoms with van der Waals surface area (Å²) in [7, 11) is 0. The van der Waals surface area contributed by atoms with E-state index in [4.69, 9.17) is 0 Å². The molecule has 11 heavy (non-hydrogen) atoms. The van der Waals surface area contributed by atoms with Crippen LogP contribution < -0.4 is 0 Å². The smallest absolute Gasteiger partial charge is 0.0108 e. The summed E-state index contributed by atoms with van der Waals surface area (Å²) in [6.07, 6.45) is 5.15. The molecule has 0 aliphatic rings. The van der Waals surface area contributed by atoms with E-state index in [-0.39, 0.29) is 0 Å². The summed E-state index contributed by atoms with van der Waals surface area (Å²) in [6, 6.07) is 0. The molecule has 0 bridgehead atoms. The molecule has 0 fully saturated rings. The van der Waals surface area contributed by atoms with Crippen LogP contribution in [0.25, 0.3) is 0 Å². The maximum atomic E-state index is 3.74. The molecule has 0 unspecified atom stereocenters. The van der Waals surface area contributed by atoms with E-state index in [0.717, 1.165) is 6.42 Å². The van der Waals surface area contributed by atoms with Crippen molar-refractivity contribution in [1.82, 2.24) is 0 Å². The van der Waals surface area contributed by atoms with E-state index in [2.05, 4.69) is 40.3 Å². The Kier molecular flexibility index (Phi) is 4.60. The Bertz CT molecular complexity index is 192. The van der Waals surface area contributed by atoms with Gasteiger partial charge in [0.15, 0.2) is 0 Å². The van der Waals surface area contributed by atoms with Crippen molar-refractivity contribution in [2.75, 3.05) is 0 Å². The first kappa shape index (κ1) is 10.2. The van der Waals surface area contributed by atoms with Gasteiger partial charge in [0.1, 0.15) is 0 Å². The van der Waals surface area contributed by atoms with E-state index in [1.807, 2.05) is 6.08 Å². The lowest BCUT2D eigenvalue weighted by Gasteiger charge is -2.03.